The average molecular weight is 223 g/mol. The fourth-order valence-corrected chi connectivity index (χ4v) is 1.86. The molecule has 1 heterocycles. The number of ether oxygens (including phenoxy) is 1. The lowest BCUT2D eigenvalue weighted by Gasteiger charge is -2.40. The first kappa shape index (κ1) is 11.1. The lowest BCUT2D eigenvalue weighted by Crippen LogP contribution is -2.48. The SMILES string of the molecule is COc1cc(C)nc(NC2(CO)CCC2)n1. The molecule has 5 nitrogen and oxygen atoms in total. The molecule has 0 spiro atoms. The number of aryl methyl sites for hydroxylation is 1. The monoisotopic (exact) mass is 223 g/mol. The summed E-state index contributed by atoms with van der Waals surface area (Å²) in [7, 11) is 1.58. The molecule has 1 aliphatic rings. The molecule has 16 heavy (non-hydrogen) atoms. The maximum atomic E-state index is 9.34. The molecular formula is C11H17N3O2. The van der Waals surface area contributed by atoms with Gasteiger partial charge in [-0.25, -0.2) is 4.98 Å². The van der Waals surface area contributed by atoms with Gasteiger partial charge in [-0.1, -0.05) is 0 Å². The highest BCUT2D eigenvalue weighted by atomic mass is 16.5. The van der Waals surface area contributed by atoms with E-state index in [0.717, 1.165) is 25.0 Å². The minimum Gasteiger partial charge on any atom is -0.481 e. The summed E-state index contributed by atoms with van der Waals surface area (Å²) < 4.78 is 5.08. The Bertz CT molecular complexity index is 372. The van der Waals surface area contributed by atoms with Crippen molar-refractivity contribution in [2.24, 2.45) is 0 Å². The third kappa shape index (κ3) is 2.09. The molecule has 1 aromatic heterocycles. The van der Waals surface area contributed by atoms with E-state index >= 15 is 0 Å². The molecule has 1 fully saturated rings. The van der Waals surface area contributed by atoms with Gasteiger partial charge in [0.15, 0.2) is 0 Å². The minimum atomic E-state index is -0.223. The highest BCUT2D eigenvalue weighted by molar-refractivity contribution is 5.35. The van der Waals surface area contributed by atoms with Gasteiger partial charge in [-0.3, -0.25) is 0 Å². The van der Waals surface area contributed by atoms with Gasteiger partial charge in [0.05, 0.1) is 19.3 Å². The number of rotatable bonds is 4. The summed E-state index contributed by atoms with van der Waals surface area (Å²) in [5.74, 6) is 1.08. The number of nitrogens with one attached hydrogen (secondary N) is 1. The lowest BCUT2D eigenvalue weighted by atomic mass is 9.77. The molecule has 2 N–H and O–H groups in total. The Hall–Kier alpha value is -1.36. The first-order valence-electron chi connectivity index (χ1n) is 5.46. The number of aliphatic hydroxyl groups excluding tert-OH is 1. The molecule has 0 aromatic carbocycles. The van der Waals surface area contributed by atoms with E-state index in [9.17, 15) is 5.11 Å². The molecule has 0 radical (unpaired) electrons. The Morgan fingerprint density at radius 3 is 2.75 bits per heavy atom. The Balaban J connectivity index is 2.17. The average Bonchev–Trinajstić information content (AvgIpc) is 2.22. The molecule has 1 aromatic rings. The van der Waals surface area contributed by atoms with Gasteiger partial charge in [0, 0.05) is 11.8 Å². The van der Waals surface area contributed by atoms with Crippen molar-refractivity contribution in [3.8, 4) is 5.88 Å². The zero-order valence-electron chi connectivity index (χ0n) is 9.66. The first-order chi connectivity index (χ1) is 7.67. The Labute approximate surface area is 94.9 Å². The normalized spacial score (nSPS) is 17.7. The highest BCUT2D eigenvalue weighted by Crippen LogP contribution is 2.34. The number of hydrogen-bond donors (Lipinski definition) is 2. The number of aliphatic hydroxyl groups is 1. The summed E-state index contributed by atoms with van der Waals surface area (Å²) in [6.45, 7) is 2.01. The van der Waals surface area contributed by atoms with Crippen LogP contribution in [0.2, 0.25) is 0 Å². The number of nitrogens with zero attached hydrogens (tertiary/aromatic N) is 2. The van der Waals surface area contributed by atoms with E-state index < -0.39 is 0 Å². The van der Waals surface area contributed by atoms with Crippen LogP contribution in [0.5, 0.6) is 5.88 Å². The summed E-state index contributed by atoms with van der Waals surface area (Å²) in [5, 5.41) is 12.5. The van der Waals surface area contributed by atoms with Gasteiger partial charge in [-0.2, -0.15) is 4.98 Å². The van der Waals surface area contributed by atoms with Crippen LogP contribution in [0.25, 0.3) is 0 Å². The minimum absolute atomic E-state index is 0.118. The van der Waals surface area contributed by atoms with Gasteiger partial charge in [0.1, 0.15) is 0 Å². The molecule has 0 atom stereocenters. The molecule has 88 valence electrons. The number of aromatic nitrogens is 2. The molecule has 1 saturated carbocycles. The van der Waals surface area contributed by atoms with Crippen molar-refractivity contribution in [2.45, 2.75) is 31.7 Å². The van der Waals surface area contributed by atoms with Crippen LogP contribution in [0.4, 0.5) is 5.95 Å². The first-order valence-corrected chi connectivity index (χ1v) is 5.46. The van der Waals surface area contributed by atoms with Gasteiger partial charge in [-0.05, 0) is 26.2 Å². The van der Waals surface area contributed by atoms with E-state index in [-0.39, 0.29) is 12.1 Å². The van der Waals surface area contributed by atoms with E-state index in [0.29, 0.717) is 11.8 Å². The van der Waals surface area contributed by atoms with Crippen molar-refractivity contribution in [3.05, 3.63) is 11.8 Å². The van der Waals surface area contributed by atoms with Gasteiger partial charge in [0.25, 0.3) is 0 Å². The van der Waals surface area contributed by atoms with Crippen LogP contribution in [0.15, 0.2) is 6.07 Å². The van der Waals surface area contributed by atoms with E-state index in [4.69, 9.17) is 4.74 Å². The van der Waals surface area contributed by atoms with Crippen LogP contribution in [-0.2, 0) is 0 Å². The summed E-state index contributed by atoms with van der Waals surface area (Å²) in [5.41, 5.74) is 0.625. The van der Waals surface area contributed by atoms with Crippen LogP contribution >= 0.6 is 0 Å². The second-order valence-electron chi connectivity index (χ2n) is 4.29. The number of hydrogen-bond acceptors (Lipinski definition) is 5. The van der Waals surface area contributed by atoms with Crippen molar-refractivity contribution in [1.82, 2.24) is 9.97 Å². The number of methoxy groups -OCH3 is 1. The van der Waals surface area contributed by atoms with Gasteiger partial charge in [0.2, 0.25) is 11.8 Å². The molecule has 0 aliphatic heterocycles. The van der Waals surface area contributed by atoms with Crippen LogP contribution in [0.1, 0.15) is 25.0 Å². The molecule has 1 aliphatic carbocycles. The van der Waals surface area contributed by atoms with E-state index in [1.807, 2.05) is 6.92 Å². The molecule has 5 heteroatoms. The Morgan fingerprint density at radius 1 is 1.50 bits per heavy atom. The molecular weight excluding hydrogens is 206 g/mol. The number of anilines is 1. The second-order valence-corrected chi connectivity index (χ2v) is 4.29. The second kappa shape index (κ2) is 4.25. The Kier molecular flexibility index (Phi) is 2.96. The van der Waals surface area contributed by atoms with Crippen molar-refractivity contribution in [1.29, 1.82) is 0 Å². The fourth-order valence-electron chi connectivity index (χ4n) is 1.86. The van der Waals surface area contributed by atoms with Crippen molar-refractivity contribution >= 4 is 5.95 Å². The van der Waals surface area contributed by atoms with Crippen LogP contribution in [0.3, 0.4) is 0 Å². The van der Waals surface area contributed by atoms with E-state index in [1.165, 1.54) is 0 Å². The van der Waals surface area contributed by atoms with Gasteiger partial charge >= 0.3 is 0 Å². The molecule has 0 amide bonds. The van der Waals surface area contributed by atoms with Crippen molar-refractivity contribution in [3.63, 3.8) is 0 Å². The summed E-state index contributed by atoms with van der Waals surface area (Å²) in [6.07, 6.45) is 3.06. The Morgan fingerprint density at radius 2 is 2.25 bits per heavy atom. The maximum Gasteiger partial charge on any atom is 0.226 e. The molecule has 0 unspecified atom stereocenters. The quantitative estimate of drug-likeness (QED) is 0.800. The van der Waals surface area contributed by atoms with Gasteiger partial charge in [-0.15, -0.1) is 0 Å². The lowest BCUT2D eigenvalue weighted by molar-refractivity contribution is 0.143. The molecule has 2 rings (SSSR count). The van der Waals surface area contributed by atoms with Gasteiger partial charge < -0.3 is 15.2 Å². The highest BCUT2D eigenvalue weighted by Gasteiger charge is 2.37. The predicted octanol–water partition coefficient (Wildman–Crippen LogP) is 1.12. The van der Waals surface area contributed by atoms with E-state index in [2.05, 4.69) is 15.3 Å². The van der Waals surface area contributed by atoms with E-state index in [1.54, 1.807) is 13.2 Å². The topological polar surface area (TPSA) is 67.3 Å². The zero-order chi connectivity index (χ0) is 11.6. The van der Waals surface area contributed by atoms with Crippen molar-refractivity contribution in [2.75, 3.05) is 19.0 Å². The third-order valence-electron chi connectivity index (χ3n) is 3.03. The largest absolute Gasteiger partial charge is 0.481 e. The maximum absolute atomic E-state index is 9.34. The predicted molar refractivity (Wildman–Crippen MR) is 60.6 cm³/mol. The smallest absolute Gasteiger partial charge is 0.226 e. The molecule has 0 saturated heterocycles. The van der Waals surface area contributed by atoms with Crippen LogP contribution < -0.4 is 10.1 Å². The summed E-state index contributed by atoms with van der Waals surface area (Å²) in [4.78, 5) is 8.49. The van der Waals surface area contributed by atoms with Crippen molar-refractivity contribution < 1.29 is 9.84 Å². The zero-order valence-corrected chi connectivity index (χ0v) is 9.66. The third-order valence-corrected chi connectivity index (χ3v) is 3.03. The summed E-state index contributed by atoms with van der Waals surface area (Å²) in [6, 6.07) is 1.78. The summed E-state index contributed by atoms with van der Waals surface area (Å²) >= 11 is 0. The fraction of sp³-hybridized carbons (Fsp3) is 0.636. The standard InChI is InChI=1S/C11H17N3O2/c1-8-6-9(16-2)13-10(12-8)14-11(7-15)4-3-5-11/h6,15H,3-5,7H2,1-2H3,(H,12,13,14). The van der Waals surface area contributed by atoms with Crippen LogP contribution in [-0.4, -0.2) is 34.3 Å². The van der Waals surface area contributed by atoms with Crippen LogP contribution in [0, 0.1) is 6.92 Å². The molecule has 0 bridgehead atoms.